The number of hydrogen-bond acceptors (Lipinski definition) is 3. The number of rotatable bonds is 6. The van der Waals surface area contributed by atoms with Crippen LogP contribution in [0.25, 0.3) is 11.0 Å². The number of carbonyl (C=O) groups excluding carboxylic acids is 1. The topological polar surface area (TPSA) is 59.3 Å². The maximum absolute atomic E-state index is 12.4. The van der Waals surface area contributed by atoms with Gasteiger partial charge in [-0.1, -0.05) is 30.3 Å². The maximum Gasteiger partial charge on any atom is 0.329 e. The summed E-state index contributed by atoms with van der Waals surface area (Å²) in [5, 5.41) is 2.93. The van der Waals surface area contributed by atoms with Crippen molar-refractivity contribution in [2.24, 2.45) is 7.05 Å². The van der Waals surface area contributed by atoms with E-state index in [1.54, 1.807) is 11.6 Å². The van der Waals surface area contributed by atoms with Crippen LogP contribution in [-0.2, 0) is 18.4 Å². The summed E-state index contributed by atoms with van der Waals surface area (Å²) < 4.78 is 3.07. The largest absolute Gasteiger partial charge is 0.370 e. The summed E-state index contributed by atoms with van der Waals surface area (Å²) in [4.78, 5) is 26.9. The molecule has 136 valence electrons. The number of carbonyl (C=O) groups is 1. The SMILES string of the molecule is CC(CNC(=O)Cn1c(=O)n(C)c2ccccc21)N(C)c1ccccc1. The van der Waals surface area contributed by atoms with Crippen LogP contribution in [0.4, 0.5) is 5.69 Å². The first-order valence-electron chi connectivity index (χ1n) is 8.68. The van der Waals surface area contributed by atoms with Crippen molar-refractivity contribution in [3.63, 3.8) is 0 Å². The summed E-state index contributed by atoms with van der Waals surface area (Å²) in [6, 6.07) is 17.6. The van der Waals surface area contributed by atoms with Gasteiger partial charge in [0.15, 0.2) is 0 Å². The number of benzene rings is 2. The van der Waals surface area contributed by atoms with E-state index in [9.17, 15) is 9.59 Å². The van der Waals surface area contributed by atoms with Gasteiger partial charge in [0, 0.05) is 32.4 Å². The molecule has 0 saturated carbocycles. The highest BCUT2D eigenvalue weighted by Crippen LogP contribution is 2.14. The van der Waals surface area contributed by atoms with Crippen molar-refractivity contribution in [3.8, 4) is 0 Å². The van der Waals surface area contributed by atoms with Crippen LogP contribution in [-0.4, -0.2) is 34.7 Å². The highest BCUT2D eigenvalue weighted by Gasteiger charge is 2.15. The highest BCUT2D eigenvalue weighted by molar-refractivity contribution is 5.80. The average Bonchev–Trinajstić information content (AvgIpc) is 2.91. The first kappa shape index (κ1) is 17.8. The van der Waals surface area contributed by atoms with Gasteiger partial charge in [-0.15, -0.1) is 0 Å². The minimum atomic E-state index is -0.184. The molecule has 1 atom stereocenters. The molecular formula is C20H24N4O2. The molecule has 0 aliphatic rings. The zero-order valence-electron chi connectivity index (χ0n) is 15.3. The molecule has 0 spiro atoms. The third-order valence-electron chi connectivity index (χ3n) is 4.77. The number of nitrogens with one attached hydrogen (secondary N) is 1. The molecule has 0 saturated heterocycles. The number of nitrogens with zero attached hydrogens (tertiary/aromatic N) is 3. The van der Waals surface area contributed by atoms with Gasteiger partial charge in [0.2, 0.25) is 5.91 Å². The van der Waals surface area contributed by atoms with E-state index in [-0.39, 0.29) is 24.2 Å². The van der Waals surface area contributed by atoms with E-state index in [1.165, 1.54) is 4.57 Å². The van der Waals surface area contributed by atoms with Crippen LogP contribution in [0.5, 0.6) is 0 Å². The van der Waals surface area contributed by atoms with Gasteiger partial charge in [-0.3, -0.25) is 13.9 Å². The molecule has 0 bridgehead atoms. The van der Waals surface area contributed by atoms with Gasteiger partial charge < -0.3 is 10.2 Å². The summed E-state index contributed by atoms with van der Waals surface area (Å²) in [6.07, 6.45) is 0. The van der Waals surface area contributed by atoms with E-state index in [2.05, 4.69) is 17.1 Å². The fourth-order valence-electron chi connectivity index (χ4n) is 3.03. The molecule has 1 aromatic heterocycles. The summed E-state index contributed by atoms with van der Waals surface area (Å²) in [5.74, 6) is -0.170. The molecule has 3 aromatic rings. The molecule has 0 fully saturated rings. The van der Waals surface area contributed by atoms with Gasteiger partial charge in [-0.05, 0) is 31.2 Å². The molecular weight excluding hydrogens is 328 g/mol. The lowest BCUT2D eigenvalue weighted by Gasteiger charge is -2.27. The van der Waals surface area contributed by atoms with Crippen LogP contribution in [0.15, 0.2) is 59.4 Å². The van der Waals surface area contributed by atoms with Crippen LogP contribution < -0.4 is 15.9 Å². The molecule has 26 heavy (non-hydrogen) atoms. The fraction of sp³-hybridized carbons (Fsp3) is 0.300. The van der Waals surface area contributed by atoms with E-state index >= 15 is 0 Å². The third kappa shape index (κ3) is 3.49. The number of fused-ring (bicyclic) bond motifs is 1. The molecule has 0 radical (unpaired) electrons. The summed E-state index contributed by atoms with van der Waals surface area (Å²) in [6.45, 7) is 2.57. The smallest absolute Gasteiger partial charge is 0.329 e. The standard InChI is InChI=1S/C20H24N4O2/c1-15(22(2)16-9-5-4-6-10-16)13-21-19(25)14-24-18-12-8-7-11-17(18)23(3)20(24)26/h4-12,15H,13-14H2,1-3H3,(H,21,25). The molecule has 0 aliphatic carbocycles. The molecule has 6 nitrogen and oxygen atoms in total. The molecule has 1 heterocycles. The average molecular weight is 352 g/mol. The summed E-state index contributed by atoms with van der Waals surface area (Å²) in [5.41, 5.74) is 2.50. The predicted molar refractivity (Wildman–Crippen MR) is 104 cm³/mol. The van der Waals surface area contributed by atoms with Gasteiger partial charge in [0.25, 0.3) is 0 Å². The van der Waals surface area contributed by atoms with E-state index in [0.29, 0.717) is 6.54 Å². The van der Waals surface area contributed by atoms with Crippen LogP contribution in [0.1, 0.15) is 6.92 Å². The Labute approximate surface area is 152 Å². The number of likely N-dealkylation sites (N-methyl/N-ethyl adjacent to an activating group) is 1. The summed E-state index contributed by atoms with van der Waals surface area (Å²) in [7, 11) is 3.72. The van der Waals surface area contributed by atoms with Gasteiger partial charge in [0.1, 0.15) is 6.54 Å². The second-order valence-corrected chi connectivity index (χ2v) is 6.52. The van der Waals surface area contributed by atoms with Crippen molar-refractivity contribution in [2.75, 3.05) is 18.5 Å². The normalized spacial score (nSPS) is 12.1. The first-order valence-corrected chi connectivity index (χ1v) is 8.68. The Morgan fingerprint density at radius 3 is 2.38 bits per heavy atom. The molecule has 0 aliphatic heterocycles. The zero-order valence-corrected chi connectivity index (χ0v) is 15.3. The van der Waals surface area contributed by atoms with Gasteiger partial charge in [-0.2, -0.15) is 0 Å². The number of aromatic nitrogens is 2. The lowest BCUT2D eigenvalue weighted by atomic mass is 10.2. The Hall–Kier alpha value is -3.02. The molecule has 1 N–H and O–H groups in total. The Bertz CT molecular complexity index is 959. The van der Waals surface area contributed by atoms with Gasteiger partial charge >= 0.3 is 5.69 Å². The molecule has 6 heteroatoms. The highest BCUT2D eigenvalue weighted by atomic mass is 16.2. The number of para-hydroxylation sites is 3. The molecule has 3 rings (SSSR count). The Morgan fingerprint density at radius 1 is 1.08 bits per heavy atom. The molecule has 1 unspecified atom stereocenters. The van der Waals surface area contributed by atoms with Crippen molar-refractivity contribution < 1.29 is 4.79 Å². The van der Waals surface area contributed by atoms with E-state index in [4.69, 9.17) is 0 Å². The number of aryl methyl sites for hydroxylation is 1. The van der Waals surface area contributed by atoms with Gasteiger partial charge in [-0.25, -0.2) is 4.79 Å². The predicted octanol–water partition coefficient (Wildman–Crippen LogP) is 1.98. The van der Waals surface area contributed by atoms with Crippen LogP contribution >= 0.6 is 0 Å². The van der Waals surface area contributed by atoms with Crippen molar-refractivity contribution in [1.82, 2.24) is 14.5 Å². The van der Waals surface area contributed by atoms with Crippen molar-refractivity contribution in [1.29, 1.82) is 0 Å². The van der Waals surface area contributed by atoms with Crippen LogP contribution in [0, 0.1) is 0 Å². The van der Waals surface area contributed by atoms with Crippen LogP contribution in [0.2, 0.25) is 0 Å². The quantitative estimate of drug-likeness (QED) is 0.738. The minimum Gasteiger partial charge on any atom is -0.370 e. The van der Waals surface area contributed by atoms with E-state index in [1.807, 2.05) is 61.6 Å². The number of anilines is 1. The lowest BCUT2D eigenvalue weighted by molar-refractivity contribution is -0.121. The fourth-order valence-corrected chi connectivity index (χ4v) is 3.03. The molecule has 1 amide bonds. The van der Waals surface area contributed by atoms with Crippen molar-refractivity contribution >= 4 is 22.6 Å². The van der Waals surface area contributed by atoms with E-state index in [0.717, 1.165) is 16.7 Å². The number of amides is 1. The third-order valence-corrected chi connectivity index (χ3v) is 4.77. The molecule has 2 aromatic carbocycles. The Balaban J connectivity index is 1.65. The first-order chi connectivity index (χ1) is 12.5. The maximum atomic E-state index is 12.4. The Kier molecular flexibility index (Phi) is 5.11. The zero-order chi connectivity index (χ0) is 18.7. The van der Waals surface area contributed by atoms with Crippen LogP contribution in [0.3, 0.4) is 0 Å². The van der Waals surface area contributed by atoms with Crippen molar-refractivity contribution in [3.05, 3.63) is 65.1 Å². The number of imidazole rings is 1. The van der Waals surface area contributed by atoms with E-state index < -0.39 is 0 Å². The van der Waals surface area contributed by atoms with Crippen molar-refractivity contribution in [2.45, 2.75) is 19.5 Å². The lowest BCUT2D eigenvalue weighted by Crippen LogP contribution is -2.42. The minimum absolute atomic E-state index is 0.0158. The van der Waals surface area contributed by atoms with Gasteiger partial charge in [0.05, 0.1) is 11.0 Å². The summed E-state index contributed by atoms with van der Waals surface area (Å²) >= 11 is 0. The number of hydrogen-bond donors (Lipinski definition) is 1. The second-order valence-electron chi connectivity index (χ2n) is 6.52. The second kappa shape index (κ2) is 7.47. The Morgan fingerprint density at radius 2 is 1.69 bits per heavy atom. The monoisotopic (exact) mass is 352 g/mol.